The van der Waals surface area contributed by atoms with Crippen LogP contribution in [0.25, 0.3) is 0 Å². The van der Waals surface area contributed by atoms with Crippen LogP contribution < -0.4 is 10.6 Å². The number of carbonyl (C=O) groups is 1. The summed E-state index contributed by atoms with van der Waals surface area (Å²) in [5, 5.41) is 7.86. The molecule has 1 unspecified atom stereocenters. The molecule has 0 bridgehead atoms. The highest BCUT2D eigenvalue weighted by atomic mass is 32.1. The first kappa shape index (κ1) is 12.6. The molecule has 0 saturated carbocycles. The molecule has 0 aliphatic heterocycles. The van der Waals surface area contributed by atoms with Crippen LogP contribution >= 0.6 is 11.3 Å². The number of amides is 1. The second-order valence-corrected chi connectivity index (χ2v) is 4.87. The van der Waals surface area contributed by atoms with Crippen molar-refractivity contribution >= 4 is 23.1 Å². The van der Waals surface area contributed by atoms with E-state index in [9.17, 15) is 4.79 Å². The Bertz CT molecular complexity index is 508. The van der Waals surface area contributed by atoms with Crippen molar-refractivity contribution in [1.82, 2.24) is 10.3 Å². The molecule has 4 nitrogen and oxygen atoms in total. The Labute approximate surface area is 110 Å². The van der Waals surface area contributed by atoms with Crippen molar-refractivity contribution in [3.8, 4) is 0 Å². The highest BCUT2D eigenvalue weighted by Gasteiger charge is 2.12. The van der Waals surface area contributed by atoms with Crippen LogP contribution in [0.5, 0.6) is 0 Å². The maximum absolute atomic E-state index is 12.0. The average Bonchev–Trinajstić information content (AvgIpc) is 2.92. The van der Waals surface area contributed by atoms with Gasteiger partial charge in [-0.25, -0.2) is 4.98 Å². The van der Waals surface area contributed by atoms with Crippen LogP contribution in [-0.4, -0.2) is 17.9 Å². The summed E-state index contributed by atoms with van der Waals surface area (Å²) in [4.78, 5) is 17.2. The second kappa shape index (κ2) is 5.64. The fourth-order valence-electron chi connectivity index (χ4n) is 1.56. The van der Waals surface area contributed by atoms with Gasteiger partial charge in [0.2, 0.25) is 0 Å². The number of anilines is 1. The number of aromatic nitrogens is 1. The molecule has 0 aromatic carbocycles. The van der Waals surface area contributed by atoms with E-state index < -0.39 is 0 Å². The van der Waals surface area contributed by atoms with E-state index in [2.05, 4.69) is 15.6 Å². The number of pyridine rings is 1. The largest absolute Gasteiger partial charge is 0.373 e. The molecule has 2 N–H and O–H groups in total. The molecule has 0 aliphatic rings. The smallest absolute Gasteiger partial charge is 0.253 e. The van der Waals surface area contributed by atoms with Gasteiger partial charge in [-0.2, -0.15) is 0 Å². The summed E-state index contributed by atoms with van der Waals surface area (Å²) in [5.41, 5.74) is 0.567. The van der Waals surface area contributed by atoms with E-state index in [-0.39, 0.29) is 11.9 Å². The van der Waals surface area contributed by atoms with E-state index in [1.165, 1.54) is 0 Å². The number of thiophene rings is 1. The molecule has 2 aromatic rings. The van der Waals surface area contributed by atoms with Crippen molar-refractivity contribution in [3.05, 3.63) is 46.3 Å². The Hall–Kier alpha value is -1.88. The number of nitrogens with one attached hydrogen (secondary N) is 2. The number of rotatable bonds is 4. The van der Waals surface area contributed by atoms with Gasteiger partial charge >= 0.3 is 0 Å². The van der Waals surface area contributed by atoms with E-state index >= 15 is 0 Å². The van der Waals surface area contributed by atoms with E-state index in [1.807, 2.05) is 24.4 Å². The monoisotopic (exact) mass is 261 g/mol. The maximum Gasteiger partial charge on any atom is 0.253 e. The zero-order valence-corrected chi connectivity index (χ0v) is 11.1. The predicted octanol–water partition coefficient (Wildman–Crippen LogP) is 2.68. The summed E-state index contributed by atoms with van der Waals surface area (Å²) in [6.45, 7) is 1.97. The van der Waals surface area contributed by atoms with Crippen molar-refractivity contribution in [2.24, 2.45) is 0 Å². The lowest BCUT2D eigenvalue weighted by atomic mass is 10.2. The molecule has 0 radical (unpaired) electrons. The molecular weight excluding hydrogens is 246 g/mol. The molecule has 1 amide bonds. The minimum Gasteiger partial charge on any atom is -0.373 e. The molecule has 94 valence electrons. The molecule has 2 heterocycles. The van der Waals surface area contributed by atoms with Crippen molar-refractivity contribution in [2.75, 3.05) is 12.4 Å². The summed E-state index contributed by atoms with van der Waals surface area (Å²) in [6, 6.07) is 7.55. The van der Waals surface area contributed by atoms with Gasteiger partial charge in [0.05, 0.1) is 11.6 Å². The molecule has 18 heavy (non-hydrogen) atoms. The van der Waals surface area contributed by atoms with Gasteiger partial charge in [0.1, 0.15) is 5.82 Å². The van der Waals surface area contributed by atoms with Crippen molar-refractivity contribution in [1.29, 1.82) is 0 Å². The van der Waals surface area contributed by atoms with Crippen LogP contribution in [0.3, 0.4) is 0 Å². The first-order chi connectivity index (χ1) is 8.70. The van der Waals surface area contributed by atoms with E-state index in [0.29, 0.717) is 5.56 Å². The topological polar surface area (TPSA) is 54.0 Å². The summed E-state index contributed by atoms with van der Waals surface area (Å²) < 4.78 is 0. The molecular formula is C13H15N3OS. The van der Waals surface area contributed by atoms with Gasteiger partial charge in [-0.15, -0.1) is 11.3 Å². The summed E-state index contributed by atoms with van der Waals surface area (Å²) in [5.74, 6) is 0.643. The molecule has 5 heteroatoms. The van der Waals surface area contributed by atoms with Crippen LogP contribution in [-0.2, 0) is 0 Å². The van der Waals surface area contributed by atoms with Gasteiger partial charge in [-0.05, 0) is 30.5 Å². The molecule has 0 spiro atoms. The lowest BCUT2D eigenvalue weighted by molar-refractivity contribution is 0.0940. The predicted molar refractivity (Wildman–Crippen MR) is 74.0 cm³/mol. The van der Waals surface area contributed by atoms with Crippen LogP contribution in [0.2, 0.25) is 0 Å². The number of carbonyl (C=O) groups excluding carboxylic acids is 1. The number of nitrogens with zero attached hydrogens (tertiary/aromatic N) is 1. The molecule has 0 fully saturated rings. The molecule has 1 atom stereocenters. The summed E-state index contributed by atoms with van der Waals surface area (Å²) in [6.07, 6.45) is 1.57. The zero-order valence-electron chi connectivity index (χ0n) is 10.3. The van der Waals surface area contributed by atoms with E-state index in [4.69, 9.17) is 0 Å². The van der Waals surface area contributed by atoms with Gasteiger partial charge < -0.3 is 10.6 Å². The zero-order chi connectivity index (χ0) is 13.0. The van der Waals surface area contributed by atoms with Crippen LogP contribution in [0.4, 0.5) is 5.82 Å². The number of hydrogen-bond acceptors (Lipinski definition) is 4. The van der Waals surface area contributed by atoms with Gasteiger partial charge in [0.25, 0.3) is 5.91 Å². The van der Waals surface area contributed by atoms with Crippen LogP contribution in [0.15, 0.2) is 35.8 Å². The maximum atomic E-state index is 12.0. The second-order valence-electron chi connectivity index (χ2n) is 3.89. The van der Waals surface area contributed by atoms with Crippen LogP contribution in [0.1, 0.15) is 28.2 Å². The molecule has 0 saturated heterocycles. The quantitative estimate of drug-likeness (QED) is 0.889. The third-order valence-electron chi connectivity index (χ3n) is 2.60. The Morgan fingerprint density at radius 2 is 2.22 bits per heavy atom. The summed E-state index contributed by atoms with van der Waals surface area (Å²) in [7, 11) is 1.79. The SMILES string of the molecule is CNc1ccc(C(=O)NC(C)c2cccs2)cn1. The third-order valence-corrected chi connectivity index (χ3v) is 3.65. The van der Waals surface area contributed by atoms with E-state index in [0.717, 1.165) is 10.7 Å². The Morgan fingerprint density at radius 1 is 1.39 bits per heavy atom. The Balaban J connectivity index is 2.03. The van der Waals surface area contributed by atoms with Crippen LogP contribution in [0, 0.1) is 0 Å². The Kier molecular flexibility index (Phi) is 3.94. The summed E-state index contributed by atoms with van der Waals surface area (Å²) >= 11 is 1.63. The van der Waals surface area contributed by atoms with E-state index in [1.54, 1.807) is 36.7 Å². The number of hydrogen-bond donors (Lipinski definition) is 2. The van der Waals surface area contributed by atoms with Crippen molar-refractivity contribution in [3.63, 3.8) is 0 Å². The lowest BCUT2D eigenvalue weighted by Gasteiger charge is -2.12. The molecule has 2 rings (SSSR count). The van der Waals surface area contributed by atoms with Gasteiger partial charge in [0.15, 0.2) is 0 Å². The molecule has 0 aliphatic carbocycles. The fourth-order valence-corrected chi connectivity index (χ4v) is 2.30. The van der Waals surface area contributed by atoms with Crippen molar-refractivity contribution < 1.29 is 4.79 Å². The van der Waals surface area contributed by atoms with Gasteiger partial charge in [-0.1, -0.05) is 6.07 Å². The standard InChI is InChI=1S/C13H15N3OS/c1-9(11-4-3-7-18-11)16-13(17)10-5-6-12(14-2)15-8-10/h3-9H,1-2H3,(H,14,15)(H,16,17). The minimum absolute atomic E-state index is 0.0153. The highest BCUT2D eigenvalue weighted by Crippen LogP contribution is 2.18. The molecule has 2 aromatic heterocycles. The highest BCUT2D eigenvalue weighted by molar-refractivity contribution is 7.10. The first-order valence-corrected chi connectivity index (χ1v) is 6.56. The normalized spacial score (nSPS) is 11.9. The van der Waals surface area contributed by atoms with Crippen molar-refractivity contribution in [2.45, 2.75) is 13.0 Å². The van der Waals surface area contributed by atoms with Gasteiger partial charge in [-0.3, -0.25) is 4.79 Å². The average molecular weight is 261 g/mol. The lowest BCUT2D eigenvalue weighted by Crippen LogP contribution is -2.26. The minimum atomic E-state index is -0.106. The first-order valence-electron chi connectivity index (χ1n) is 5.69. The fraction of sp³-hybridized carbons (Fsp3) is 0.231. The third kappa shape index (κ3) is 2.87. The van der Waals surface area contributed by atoms with Gasteiger partial charge in [0, 0.05) is 18.1 Å². The Morgan fingerprint density at radius 3 is 2.78 bits per heavy atom.